The molecule has 35 heavy (non-hydrogen) atoms. The van der Waals surface area contributed by atoms with Crippen molar-refractivity contribution in [1.82, 2.24) is 9.97 Å². The molecule has 2 aliphatic heterocycles. The fourth-order valence-electron chi connectivity index (χ4n) is 4.53. The van der Waals surface area contributed by atoms with E-state index in [4.69, 9.17) is 9.47 Å². The van der Waals surface area contributed by atoms with Crippen LogP contribution >= 0.6 is 0 Å². The summed E-state index contributed by atoms with van der Waals surface area (Å²) in [5.74, 6) is -0.453. The monoisotopic (exact) mass is 475 g/mol. The van der Waals surface area contributed by atoms with E-state index in [1.807, 2.05) is 23.1 Å². The molecule has 5 rings (SSSR count). The van der Waals surface area contributed by atoms with Crippen molar-refractivity contribution in [2.75, 3.05) is 36.3 Å². The fourth-order valence-corrected chi connectivity index (χ4v) is 4.53. The lowest BCUT2D eigenvalue weighted by atomic mass is 9.92. The summed E-state index contributed by atoms with van der Waals surface area (Å²) in [5, 5.41) is 5.44. The molecule has 10 heteroatoms. The van der Waals surface area contributed by atoms with E-state index in [-0.39, 0.29) is 23.7 Å². The first-order chi connectivity index (χ1) is 17.0. The minimum absolute atomic E-state index is 0.112. The average Bonchev–Trinajstić information content (AvgIpc) is 2.87. The van der Waals surface area contributed by atoms with Crippen LogP contribution in [0.4, 0.5) is 17.5 Å². The first kappa shape index (κ1) is 22.5. The van der Waals surface area contributed by atoms with E-state index in [0.717, 1.165) is 12.0 Å². The van der Waals surface area contributed by atoms with Crippen LogP contribution in [0.1, 0.15) is 29.0 Å². The molecule has 3 N–H and O–H groups in total. The maximum absolute atomic E-state index is 13.2. The molecule has 0 fully saturated rings. The molecule has 0 radical (unpaired) electrons. The van der Waals surface area contributed by atoms with Crippen LogP contribution in [-0.2, 0) is 22.6 Å². The van der Waals surface area contributed by atoms with Crippen LogP contribution < -0.4 is 30.6 Å². The van der Waals surface area contributed by atoms with Crippen LogP contribution in [-0.4, -0.2) is 42.5 Å². The average molecular weight is 476 g/mol. The van der Waals surface area contributed by atoms with Gasteiger partial charge in [-0.15, -0.1) is 0 Å². The zero-order valence-electron chi connectivity index (χ0n) is 19.4. The zero-order chi connectivity index (χ0) is 24.5. The predicted octanol–water partition coefficient (Wildman–Crippen LogP) is 2.41. The molecule has 3 heterocycles. The topological polar surface area (TPSA) is 126 Å². The Hall–Kier alpha value is -4.34. The minimum Gasteiger partial charge on any atom is -0.497 e. The summed E-state index contributed by atoms with van der Waals surface area (Å²) in [6.07, 6.45) is 0.649. The fraction of sp³-hybridized carbons (Fsp3) is 0.280. The third-order valence-corrected chi connectivity index (χ3v) is 6.35. The molecular weight excluding hydrogens is 450 g/mol. The Morgan fingerprint density at radius 2 is 1.91 bits per heavy atom. The molecule has 10 nitrogen and oxygen atoms in total. The number of nitrogens with zero attached hydrogens (tertiary/aromatic N) is 2. The number of methoxy groups -OCH3 is 2. The highest BCUT2D eigenvalue weighted by atomic mass is 16.5. The largest absolute Gasteiger partial charge is 0.497 e. The molecule has 0 aliphatic carbocycles. The number of rotatable bonds is 5. The first-order valence-corrected chi connectivity index (χ1v) is 11.3. The Balaban J connectivity index is 1.44. The van der Waals surface area contributed by atoms with Crippen molar-refractivity contribution in [2.24, 2.45) is 0 Å². The number of benzene rings is 2. The first-order valence-electron chi connectivity index (χ1n) is 11.3. The van der Waals surface area contributed by atoms with Gasteiger partial charge in [0, 0.05) is 25.6 Å². The number of fused-ring (bicyclic) bond motifs is 2. The van der Waals surface area contributed by atoms with Crippen molar-refractivity contribution in [2.45, 2.75) is 25.3 Å². The Labute approximate surface area is 201 Å². The van der Waals surface area contributed by atoms with Gasteiger partial charge in [0.2, 0.25) is 17.8 Å². The second-order valence-electron chi connectivity index (χ2n) is 8.45. The Kier molecular flexibility index (Phi) is 5.86. The summed E-state index contributed by atoms with van der Waals surface area (Å²) in [5.41, 5.74) is 2.51. The van der Waals surface area contributed by atoms with Gasteiger partial charge in [0.15, 0.2) is 0 Å². The maximum Gasteiger partial charge on any atom is 0.258 e. The number of H-pyrrole nitrogens is 1. The van der Waals surface area contributed by atoms with Crippen molar-refractivity contribution >= 4 is 29.3 Å². The second kappa shape index (κ2) is 9.13. The highest BCUT2D eigenvalue weighted by Gasteiger charge is 2.35. The molecule has 180 valence electrons. The SMILES string of the molecule is COc1ccc(NC(=O)[C@@H]2CC(=O)Nc3nc(N4CCc5ccccc5C4)[nH]c(=O)c32)c(OC)c1. The summed E-state index contributed by atoms with van der Waals surface area (Å²) in [4.78, 5) is 48.1. The van der Waals surface area contributed by atoms with E-state index < -0.39 is 17.4 Å². The molecule has 0 saturated carbocycles. The lowest BCUT2D eigenvalue weighted by Crippen LogP contribution is -2.38. The molecule has 2 amide bonds. The third-order valence-electron chi connectivity index (χ3n) is 6.35. The lowest BCUT2D eigenvalue weighted by molar-refractivity contribution is -0.123. The number of amides is 2. The van der Waals surface area contributed by atoms with Crippen LogP contribution in [0.15, 0.2) is 47.3 Å². The van der Waals surface area contributed by atoms with E-state index in [1.54, 1.807) is 18.2 Å². The number of aromatic nitrogens is 2. The van der Waals surface area contributed by atoms with Gasteiger partial charge >= 0.3 is 0 Å². The van der Waals surface area contributed by atoms with Gasteiger partial charge in [-0.2, -0.15) is 4.98 Å². The Bertz CT molecular complexity index is 1370. The van der Waals surface area contributed by atoms with E-state index in [9.17, 15) is 14.4 Å². The van der Waals surface area contributed by atoms with Gasteiger partial charge in [-0.25, -0.2) is 0 Å². The van der Waals surface area contributed by atoms with E-state index in [2.05, 4.69) is 26.7 Å². The third kappa shape index (κ3) is 4.30. The molecule has 2 aliphatic rings. The molecule has 1 aromatic heterocycles. The molecule has 0 bridgehead atoms. The number of ether oxygens (including phenoxy) is 2. The number of hydrogen-bond donors (Lipinski definition) is 3. The van der Waals surface area contributed by atoms with Gasteiger partial charge in [-0.1, -0.05) is 24.3 Å². The van der Waals surface area contributed by atoms with Gasteiger partial charge < -0.3 is 25.0 Å². The summed E-state index contributed by atoms with van der Waals surface area (Å²) >= 11 is 0. The van der Waals surface area contributed by atoms with Gasteiger partial charge in [0.1, 0.15) is 17.3 Å². The summed E-state index contributed by atoms with van der Waals surface area (Å²) in [6.45, 7) is 1.26. The highest BCUT2D eigenvalue weighted by molar-refractivity contribution is 6.05. The van der Waals surface area contributed by atoms with E-state index in [1.165, 1.54) is 19.8 Å². The highest BCUT2D eigenvalue weighted by Crippen LogP contribution is 2.34. The molecule has 0 saturated heterocycles. The number of aromatic amines is 1. The number of carbonyl (C=O) groups excluding carboxylic acids is 2. The smallest absolute Gasteiger partial charge is 0.258 e. The van der Waals surface area contributed by atoms with Crippen LogP contribution in [0.5, 0.6) is 11.5 Å². The van der Waals surface area contributed by atoms with Gasteiger partial charge in [-0.05, 0) is 29.7 Å². The van der Waals surface area contributed by atoms with Crippen molar-refractivity contribution in [1.29, 1.82) is 0 Å². The summed E-state index contributed by atoms with van der Waals surface area (Å²) in [6, 6.07) is 13.1. The van der Waals surface area contributed by atoms with Gasteiger partial charge in [0.05, 0.1) is 31.4 Å². The normalized spacial score (nSPS) is 16.6. The van der Waals surface area contributed by atoms with Crippen LogP contribution in [0.2, 0.25) is 0 Å². The molecule has 1 atom stereocenters. The number of carbonyl (C=O) groups is 2. The predicted molar refractivity (Wildman–Crippen MR) is 130 cm³/mol. The molecule has 0 spiro atoms. The van der Waals surface area contributed by atoms with Crippen molar-refractivity contribution < 1.29 is 19.1 Å². The molecule has 2 aromatic carbocycles. The maximum atomic E-state index is 13.2. The lowest BCUT2D eigenvalue weighted by Gasteiger charge is -2.30. The standard InChI is InChI=1S/C25H25N5O5/c1-34-16-7-8-18(19(11-16)35-2)26-23(32)17-12-20(31)27-22-21(17)24(33)29-25(28-22)30-10-9-14-5-3-4-6-15(14)13-30/h3-8,11,17H,9-10,12-13H2,1-2H3,(H,26,32)(H2,27,28,29,31,33)/t17-/m1/s1. The quantitative estimate of drug-likeness (QED) is 0.517. The van der Waals surface area contributed by atoms with Crippen LogP contribution in [0, 0.1) is 0 Å². The van der Waals surface area contributed by atoms with Crippen molar-refractivity contribution in [3.63, 3.8) is 0 Å². The molecule has 3 aromatic rings. The summed E-state index contributed by atoms with van der Waals surface area (Å²) < 4.78 is 10.5. The molecule has 0 unspecified atom stereocenters. The zero-order valence-corrected chi connectivity index (χ0v) is 19.4. The van der Waals surface area contributed by atoms with Gasteiger partial charge in [0.25, 0.3) is 5.56 Å². The number of nitrogens with one attached hydrogen (secondary N) is 3. The second-order valence-corrected chi connectivity index (χ2v) is 8.45. The van der Waals surface area contributed by atoms with E-state index >= 15 is 0 Å². The summed E-state index contributed by atoms with van der Waals surface area (Å²) in [7, 11) is 3.00. The minimum atomic E-state index is -1.00. The Morgan fingerprint density at radius 1 is 1.11 bits per heavy atom. The Morgan fingerprint density at radius 3 is 2.69 bits per heavy atom. The number of hydrogen-bond acceptors (Lipinski definition) is 7. The van der Waals surface area contributed by atoms with Crippen LogP contribution in [0.25, 0.3) is 0 Å². The van der Waals surface area contributed by atoms with Crippen molar-refractivity contribution in [3.05, 3.63) is 69.5 Å². The van der Waals surface area contributed by atoms with Crippen molar-refractivity contribution in [3.8, 4) is 11.5 Å². The van der Waals surface area contributed by atoms with Crippen LogP contribution in [0.3, 0.4) is 0 Å². The van der Waals surface area contributed by atoms with E-state index in [0.29, 0.717) is 36.2 Å². The molecular formula is C25H25N5O5. The number of anilines is 3. The van der Waals surface area contributed by atoms with Gasteiger partial charge in [-0.3, -0.25) is 19.4 Å².